The van der Waals surface area contributed by atoms with Crippen molar-refractivity contribution in [2.75, 3.05) is 6.61 Å². The Balaban J connectivity index is 0.000000433. The summed E-state index contributed by atoms with van der Waals surface area (Å²) < 4.78 is 5.69. The fraction of sp³-hybridized carbons (Fsp3) is 0.520. The molecule has 0 fully saturated rings. The lowest BCUT2D eigenvalue weighted by Crippen LogP contribution is -1.95. The van der Waals surface area contributed by atoms with Crippen LogP contribution in [0, 0.1) is 0 Å². The lowest BCUT2D eigenvalue weighted by Gasteiger charge is -2.04. The van der Waals surface area contributed by atoms with E-state index in [1.807, 2.05) is 12.1 Å². The highest BCUT2D eigenvalue weighted by molar-refractivity contribution is 5.18. The molecule has 2 nitrogen and oxygen atoms in total. The van der Waals surface area contributed by atoms with Crippen LogP contribution < -0.4 is 0 Å². The first-order valence-corrected chi connectivity index (χ1v) is 10.7. The fourth-order valence-electron chi connectivity index (χ4n) is 2.88. The molecule has 0 aromatic heterocycles. The van der Waals surface area contributed by atoms with Gasteiger partial charge in [0.05, 0.1) is 6.61 Å². The molecule has 0 spiro atoms. The van der Waals surface area contributed by atoms with E-state index in [-0.39, 0.29) is 0 Å². The Morgan fingerprint density at radius 3 is 1.59 bits per heavy atom. The Hall–Kier alpha value is -1.80. The van der Waals surface area contributed by atoms with Crippen LogP contribution in [-0.4, -0.2) is 11.7 Å². The molecule has 0 aliphatic heterocycles. The summed E-state index contributed by atoms with van der Waals surface area (Å²) in [6.07, 6.45) is 13.8. The predicted molar refractivity (Wildman–Crippen MR) is 116 cm³/mol. The first-order valence-electron chi connectivity index (χ1n) is 10.7. The quantitative estimate of drug-likeness (QED) is 0.369. The van der Waals surface area contributed by atoms with Crippen LogP contribution in [0.15, 0.2) is 60.7 Å². The summed E-state index contributed by atoms with van der Waals surface area (Å²) in [4.78, 5) is 0. The van der Waals surface area contributed by atoms with Crippen molar-refractivity contribution >= 4 is 0 Å². The van der Waals surface area contributed by atoms with E-state index in [2.05, 4.69) is 31.2 Å². The lowest BCUT2D eigenvalue weighted by atomic mass is 10.1. The molecule has 27 heavy (non-hydrogen) atoms. The van der Waals surface area contributed by atoms with Gasteiger partial charge in [-0.3, -0.25) is 0 Å². The van der Waals surface area contributed by atoms with Gasteiger partial charge in [0.15, 0.2) is 0 Å². The van der Waals surface area contributed by atoms with Gasteiger partial charge in [-0.2, -0.15) is 0 Å². The topological polar surface area (TPSA) is 29.5 Å². The Kier molecular flexibility index (Phi) is 15.2. The average Bonchev–Trinajstić information content (AvgIpc) is 2.71. The third kappa shape index (κ3) is 15.0. The Morgan fingerprint density at radius 1 is 0.630 bits per heavy atom. The van der Waals surface area contributed by atoms with Crippen molar-refractivity contribution in [3.8, 4) is 5.75 Å². The summed E-state index contributed by atoms with van der Waals surface area (Å²) in [5.74, 6) is 0.322. The lowest BCUT2D eigenvalue weighted by molar-refractivity contribution is 0.116. The number of phenolic OH excluding ortho intramolecular Hbond substituents is 1. The largest absolute Gasteiger partial charge is 0.508 e. The summed E-state index contributed by atoms with van der Waals surface area (Å²) >= 11 is 0. The van der Waals surface area contributed by atoms with Crippen LogP contribution >= 0.6 is 0 Å². The third-order valence-corrected chi connectivity index (χ3v) is 4.51. The third-order valence-electron chi connectivity index (χ3n) is 4.51. The maximum absolute atomic E-state index is 8.63. The second kappa shape index (κ2) is 17.6. The highest BCUT2D eigenvalue weighted by Crippen LogP contribution is 2.10. The van der Waals surface area contributed by atoms with Crippen molar-refractivity contribution < 1.29 is 9.84 Å². The van der Waals surface area contributed by atoms with E-state index >= 15 is 0 Å². The van der Waals surface area contributed by atoms with Crippen LogP contribution in [-0.2, 0) is 11.3 Å². The van der Waals surface area contributed by atoms with Gasteiger partial charge in [-0.1, -0.05) is 113 Å². The monoisotopic (exact) mass is 370 g/mol. The highest BCUT2D eigenvalue weighted by Gasteiger charge is 1.94. The van der Waals surface area contributed by atoms with Crippen LogP contribution in [0.2, 0.25) is 0 Å². The van der Waals surface area contributed by atoms with Crippen molar-refractivity contribution in [1.82, 2.24) is 0 Å². The first-order chi connectivity index (χ1) is 13.3. The number of para-hydroxylation sites is 1. The molecule has 2 aromatic carbocycles. The summed E-state index contributed by atoms with van der Waals surface area (Å²) in [5.41, 5.74) is 1.28. The molecule has 0 saturated heterocycles. The second-order valence-corrected chi connectivity index (χ2v) is 7.06. The summed E-state index contributed by atoms with van der Waals surface area (Å²) in [6, 6.07) is 19.1. The van der Waals surface area contributed by atoms with Crippen LogP contribution in [0.1, 0.15) is 76.7 Å². The average molecular weight is 371 g/mol. The van der Waals surface area contributed by atoms with Gasteiger partial charge in [0.2, 0.25) is 0 Å². The van der Waals surface area contributed by atoms with Gasteiger partial charge < -0.3 is 9.84 Å². The second-order valence-electron chi connectivity index (χ2n) is 7.06. The van der Waals surface area contributed by atoms with Crippen molar-refractivity contribution in [1.29, 1.82) is 0 Å². The molecule has 1 N–H and O–H groups in total. The Labute approximate surface area is 166 Å². The van der Waals surface area contributed by atoms with E-state index < -0.39 is 0 Å². The zero-order valence-corrected chi connectivity index (χ0v) is 17.1. The number of unbranched alkanes of at least 4 members (excludes halogenated alkanes) is 9. The minimum Gasteiger partial charge on any atom is -0.508 e. The molecular formula is C25H38O2. The molecule has 0 aliphatic carbocycles. The van der Waals surface area contributed by atoms with E-state index in [4.69, 9.17) is 9.84 Å². The molecule has 2 heteroatoms. The normalized spacial score (nSPS) is 10.3. The molecule has 2 rings (SSSR count). The fourth-order valence-corrected chi connectivity index (χ4v) is 2.88. The maximum Gasteiger partial charge on any atom is 0.115 e. The van der Waals surface area contributed by atoms with Crippen molar-refractivity contribution in [2.24, 2.45) is 0 Å². The van der Waals surface area contributed by atoms with Gasteiger partial charge >= 0.3 is 0 Å². The van der Waals surface area contributed by atoms with Crippen molar-refractivity contribution in [2.45, 2.75) is 77.7 Å². The molecule has 0 saturated carbocycles. The van der Waals surface area contributed by atoms with Gasteiger partial charge in [0, 0.05) is 6.61 Å². The van der Waals surface area contributed by atoms with E-state index in [0.29, 0.717) is 5.75 Å². The zero-order valence-electron chi connectivity index (χ0n) is 17.1. The smallest absolute Gasteiger partial charge is 0.115 e. The molecule has 0 unspecified atom stereocenters. The van der Waals surface area contributed by atoms with Gasteiger partial charge in [-0.15, -0.1) is 0 Å². The number of aromatic hydroxyl groups is 1. The molecule has 0 atom stereocenters. The molecule has 0 bridgehead atoms. The Bertz CT molecular complexity index is 525. The Morgan fingerprint density at radius 2 is 1.11 bits per heavy atom. The van der Waals surface area contributed by atoms with E-state index in [9.17, 15) is 0 Å². The SMILES string of the molecule is CCCCCCCCCCCCOCc1ccccc1.Oc1ccccc1. The molecule has 0 radical (unpaired) electrons. The number of hydrogen-bond donors (Lipinski definition) is 1. The van der Waals surface area contributed by atoms with E-state index in [1.165, 1.54) is 69.8 Å². The van der Waals surface area contributed by atoms with Crippen molar-refractivity contribution in [3.05, 3.63) is 66.2 Å². The molecule has 0 aliphatic rings. The van der Waals surface area contributed by atoms with Crippen LogP contribution in [0.3, 0.4) is 0 Å². The number of hydrogen-bond acceptors (Lipinski definition) is 2. The summed E-state index contributed by atoms with van der Waals surface area (Å²) in [7, 11) is 0. The van der Waals surface area contributed by atoms with Crippen molar-refractivity contribution in [3.63, 3.8) is 0 Å². The number of rotatable bonds is 13. The molecular weight excluding hydrogens is 332 g/mol. The number of phenols is 1. The zero-order chi connectivity index (χ0) is 19.4. The maximum atomic E-state index is 8.63. The summed E-state index contributed by atoms with van der Waals surface area (Å²) in [5, 5.41) is 8.63. The van der Waals surface area contributed by atoms with Gasteiger partial charge in [0.1, 0.15) is 5.75 Å². The van der Waals surface area contributed by atoms with Crippen LogP contribution in [0.4, 0.5) is 0 Å². The van der Waals surface area contributed by atoms with E-state index in [1.54, 1.807) is 24.3 Å². The predicted octanol–water partition coefficient (Wildman–Crippen LogP) is 7.52. The molecule has 2 aromatic rings. The minimum absolute atomic E-state index is 0.322. The van der Waals surface area contributed by atoms with E-state index in [0.717, 1.165) is 13.2 Å². The summed E-state index contributed by atoms with van der Waals surface area (Å²) in [6.45, 7) is 3.95. The number of benzene rings is 2. The first kappa shape index (κ1) is 23.2. The van der Waals surface area contributed by atoms with Gasteiger partial charge in [-0.25, -0.2) is 0 Å². The molecule has 0 heterocycles. The standard InChI is InChI=1S/C19H32O.C6H6O/c1-2-3-4-5-6-7-8-9-10-14-17-20-18-19-15-12-11-13-16-19;7-6-4-2-1-3-5-6/h11-13,15-16H,2-10,14,17-18H2,1H3;1-5,7H. The molecule has 0 amide bonds. The minimum atomic E-state index is 0.322. The highest BCUT2D eigenvalue weighted by atomic mass is 16.5. The van der Waals surface area contributed by atoms with Gasteiger partial charge in [0.25, 0.3) is 0 Å². The molecule has 150 valence electrons. The van der Waals surface area contributed by atoms with Crippen LogP contribution in [0.25, 0.3) is 0 Å². The number of ether oxygens (including phenoxy) is 1. The van der Waals surface area contributed by atoms with Gasteiger partial charge in [-0.05, 0) is 24.1 Å². The van der Waals surface area contributed by atoms with Crippen LogP contribution in [0.5, 0.6) is 5.75 Å².